The summed E-state index contributed by atoms with van der Waals surface area (Å²) in [4.78, 5) is 15.0. The Morgan fingerprint density at radius 1 is 1.69 bits per heavy atom. The van der Waals surface area contributed by atoms with Gasteiger partial charge in [0.15, 0.2) is 0 Å². The number of pyridine rings is 1. The van der Waals surface area contributed by atoms with E-state index in [-0.39, 0.29) is 5.97 Å². The van der Waals surface area contributed by atoms with Gasteiger partial charge in [-0.1, -0.05) is 0 Å². The second kappa shape index (κ2) is 6.50. The zero-order valence-electron chi connectivity index (χ0n) is 9.34. The van der Waals surface area contributed by atoms with Crippen molar-refractivity contribution in [2.75, 3.05) is 12.9 Å². The number of ether oxygens (including phenoxy) is 1. The van der Waals surface area contributed by atoms with Crippen LogP contribution in [-0.4, -0.2) is 28.9 Å². The molecule has 5 heteroatoms. The van der Waals surface area contributed by atoms with E-state index in [0.717, 1.165) is 10.6 Å². The number of rotatable bonds is 5. The van der Waals surface area contributed by atoms with Crippen LogP contribution in [0.25, 0.3) is 0 Å². The van der Waals surface area contributed by atoms with Gasteiger partial charge in [-0.2, -0.15) is 0 Å². The fourth-order valence-corrected chi connectivity index (χ4v) is 1.94. The molecule has 1 aromatic rings. The molecule has 1 atom stereocenters. The standard InChI is InChI=1S/C11H15NO3S/c1-8(13)9-3-5-12-10(7-9)16-6-4-11(14)15-2/h3,5,7-8,13H,4,6H2,1-2H3. The normalized spacial score (nSPS) is 12.2. The van der Waals surface area contributed by atoms with E-state index >= 15 is 0 Å². The first-order chi connectivity index (χ1) is 7.63. The maximum atomic E-state index is 10.9. The molecule has 1 aromatic heterocycles. The first kappa shape index (κ1) is 13.0. The van der Waals surface area contributed by atoms with Crippen molar-refractivity contribution in [2.24, 2.45) is 0 Å². The van der Waals surface area contributed by atoms with Crippen LogP contribution >= 0.6 is 11.8 Å². The molecule has 0 aliphatic carbocycles. The second-order valence-corrected chi connectivity index (χ2v) is 4.39. The van der Waals surface area contributed by atoms with Crippen LogP contribution in [0.2, 0.25) is 0 Å². The van der Waals surface area contributed by atoms with Gasteiger partial charge in [-0.15, -0.1) is 11.8 Å². The van der Waals surface area contributed by atoms with Crippen molar-refractivity contribution in [3.05, 3.63) is 23.9 Å². The molecule has 0 aliphatic rings. The Kier molecular flexibility index (Phi) is 5.28. The molecule has 0 radical (unpaired) electrons. The van der Waals surface area contributed by atoms with Crippen LogP contribution in [-0.2, 0) is 9.53 Å². The van der Waals surface area contributed by atoms with Crippen LogP contribution < -0.4 is 0 Å². The molecular weight excluding hydrogens is 226 g/mol. The van der Waals surface area contributed by atoms with E-state index in [1.807, 2.05) is 6.07 Å². The number of thioether (sulfide) groups is 1. The van der Waals surface area contributed by atoms with E-state index in [1.54, 1.807) is 19.2 Å². The molecule has 0 amide bonds. The van der Waals surface area contributed by atoms with Crippen LogP contribution in [0, 0.1) is 0 Å². The number of esters is 1. The molecule has 0 aromatic carbocycles. The number of carbonyl (C=O) groups excluding carboxylic acids is 1. The van der Waals surface area contributed by atoms with E-state index < -0.39 is 6.10 Å². The van der Waals surface area contributed by atoms with Gasteiger partial charge in [-0.05, 0) is 24.6 Å². The average Bonchev–Trinajstić information content (AvgIpc) is 2.29. The first-order valence-corrected chi connectivity index (χ1v) is 5.95. The molecule has 4 nitrogen and oxygen atoms in total. The maximum Gasteiger partial charge on any atom is 0.306 e. The molecule has 1 rings (SSSR count). The highest BCUT2D eigenvalue weighted by Gasteiger charge is 2.05. The zero-order chi connectivity index (χ0) is 12.0. The Bertz CT molecular complexity index is 355. The van der Waals surface area contributed by atoms with Crippen LogP contribution in [0.3, 0.4) is 0 Å². The Hall–Kier alpha value is -1.07. The van der Waals surface area contributed by atoms with Crippen LogP contribution in [0.15, 0.2) is 23.4 Å². The highest BCUT2D eigenvalue weighted by atomic mass is 32.2. The van der Waals surface area contributed by atoms with Gasteiger partial charge in [-0.3, -0.25) is 4.79 Å². The average molecular weight is 241 g/mol. The first-order valence-electron chi connectivity index (χ1n) is 4.97. The lowest BCUT2D eigenvalue weighted by atomic mass is 10.2. The summed E-state index contributed by atoms with van der Waals surface area (Å²) in [6, 6.07) is 3.60. The second-order valence-electron chi connectivity index (χ2n) is 3.28. The van der Waals surface area contributed by atoms with Crippen LogP contribution in [0.1, 0.15) is 25.0 Å². The molecular formula is C11H15NO3S. The van der Waals surface area contributed by atoms with E-state index in [2.05, 4.69) is 9.72 Å². The van der Waals surface area contributed by atoms with Gasteiger partial charge in [0, 0.05) is 11.9 Å². The molecule has 1 N–H and O–H groups in total. The third-order valence-electron chi connectivity index (χ3n) is 2.03. The largest absolute Gasteiger partial charge is 0.469 e. The van der Waals surface area contributed by atoms with Gasteiger partial charge in [0.2, 0.25) is 0 Å². The Balaban J connectivity index is 2.48. The zero-order valence-corrected chi connectivity index (χ0v) is 10.2. The number of methoxy groups -OCH3 is 1. The molecule has 0 fully saturated rings. The Morgan fingerprint density at radius 2 is 2.44 bits per heavy atom. The van der Waals surface area contributed by atoms with E-state index in [9.17, 15) is 9.90 Å². The minimum atomic E-state index is -0.497. The summed E-state index contributed by atoms with van der Waals surface area (Å²) in [7, 11) is 1.37. The minimum absolute atomic E-state index is 0.223. The van der Waals surface area contributed by atoms with E-state index in [4.69, 9.17) is 0 Å². The van der Waals surface area contributed by atoms with Gasteiger partial charge in [-0.25, -0.2) is 4.98 Å². The van der Waals surface area contributed by atoms with Gasteiger partial charge in [0.1, 0.15) is 0 Å². The van der Waals surface area contributed by atoms with Crippen LogP contribution in [0.4, 0.5) is 0 Å². The summed E-state index contributed by atoms with van der Waals surface area (Å²) in [5, 5.41) is 10.2. The number of hydrogen-bond acceptors (Lipinski definition) is 5. The van der Waals surface area contributed by atoms with Crippen molar-refractivity contribution < 1.29 is 14.6 Å². The molecule has 1 unspecified atom stereocenters. The number of aliphatic hydroxyl groups excluding tert-OH is 1. The van der Waals surface area contributed by atoms with Crippen molar-refractivity contribution >= 4 is 17.7 Å². The maximum absolute atomic E-state index is 10.9. The SMILES string of the molecule is COC(=O)CCSc1cc(C(C)O)ccn1. The lowest BCUT2D eigenvalue weighted by Crippen LogP contribution is -2.01. The molecule has 0 aliphatic heterocycles. The summed E-state index contributed by atoms with van der Waals surface area (Å²) < 4.78 is 4.54. The predicted octanol–water partition coefficient (Wildman–Crippen LogP) is 1.79. The molecule has 88 valence electrons. The number of aromatic nitrogens is 1. The third-order valence-corrected chi connectivity index (χ3v) is 2.95. The molecule has 16 heavy (non-hydrogen) atoms. The highest BCUT2D eigenvalue weighted by Crippen LogP contribution is 2.20. The van der Waals surface area contributed by atoms with Crippen molar-refractivity contribution in [3.63, 3.8) is 0 Å². The smallest absolute Gasteiger partial charge is 0.306 e. The number of nitrogens with zero attached hydrogens (tertiary/aromatic N) is 1. The Morgan fingerprint density at radius 3 is 3.06 bits per heavy atom. The summed E-state index contributed by atoms with van der Waals surface area (Å²) in [6.07, 6.45) is 1.52. The topological polar surface area (TPSA) is 59.4 Å². The number of hydrogen-bond donors (Lipinski definition) is 1. The number of carbonyl (C=O) groups is 1. The highest BCUT2D eigenvalue weighted by molar-refractivity contribution is 7.99. The van der Waals surface area contributed by atoms with Crippen molar-refractivity contribution in [1.82, 2.24) is 4.98 Å². The van der Waals surface area contributed by atoms with Crippen molar-refractivity contribution in [1.29, 1.82) is 0 Å². The predicted molar refractivity (Wildman–Crippen MR) is 62.2 cm³/mol. The minimum Gasteiger partial charge on any atom is -0.469 e. The summed E-state index contributed by atoms with van der Waals surface area (Å²) in [6.45, 7) is 1.71. The Labute approximate surface area is 99.0 Å². The molecule has 0 saturated heterocycles. The lowest BCUT2D eigenvalue weighted by Gasteiger charge is -2.06. The third kappa shape index (κ3) is 4.20. The quantitative estimate of drug-likeness (QED) is 0.629. The van der Waals surface area contributed by atoms with Crippen molar-refractivity contribution in [2.45, 2.75) is 24.5 Å². The fraction of sp³-hybridized carbons (Fsp3) is 0.455. The van der Waals surface area contributed by atoms with Crippen molar-refractivity contribution in [3.8, 4) is 0 Å². The fourth-order valence-electron chi connectivity index (χ4n) is 1.10. The molecule has 0 saturated carbocycles. The van der Waals surface area contributed by atoms with Crippen LogP contribution in [0.5, 0.6) is 0 Å². The molecule has 0 spiro atoms. The number of aliphatic hydroxyl groups is 1. The van der Waals surface area contributed by atoms with Gasteiger partial charge in [0.05, 0.1) is 24.7 Å². The van der Waals surface area contributed by atoms with E-state index in [0.29, 0.717) is 12.2 Å². The molecule has 0 bridgehead atoms. The monoisotopic (exact) mass is 241 g/mol. The summed E-state index contributed by atoms with van der Waals surface area (Å²) >= 11 is 1.47. The molecule has 1 heterocycles. The van der Waals surface area contributed by atoms with Gasteiger partial charge < -0.3 is 9.84 Å². The van der Waals surface area contributed by atoms with Gasteiger partial charge >= 0.3 is 5.97 Å². The summed E-state index contributed by atoms with van der Waals surface area (Å²) in [5.74, 6) is 0.405. The summed E-state index contributed by atoms with van der Waals surface area (Å²) in [5.41, 5.74) is 0.829. The van der Waals surface area contributed by atoms with E-state index in [1.165, 1.54) is 18.9 Å². The lowest BCUT2D eigenvalue weighted by molar-refractivity contribution is -0.140. The van der Waals surface area contributed by atoms with Gasteiger partial charge in [0.25, 0.3) is 0 Å².